The van der Waals surface area contributed by atoms with Crippen LogP contribution in [0.4, 0.5) is 4.39 Å². The number of rotatable bonds is 9. The molecule has 0 bridgehead atoms. The van der Waals surface area contributed by atoms with Crippen LogP contribution in [-0.2, 0) is 16.3 Å². The highest BCUT2D eigenvalue weighted by atomic mass is 32.2. The fourth-order valence-corrected chi connectivity index (χ4v) is 6.49. The number of hydrogen-bond acceptors (Lipinski definition) is 8. The molecular formula is C30H30FN3O6S. The number of sulfone groups is 1. The minimum atomic E-state index is -4.49. The van der Waals surface area contributed by atoms with Gasteiger partial charge in [-0.25, -0.2) is 13.4 Å². The Balaban J connectivity index is 1.64. The third-order valence-electron chi connectivity index (χ3n) is 7.16. The molecule has 0 fully saturated rings. The molecule has 9 nitrogen and oxygen atoms in total. The molecule has 1 atom stereocenters. The molecule has 214 valence electrons. The van der Waals surface area contributed by atoms with Crippen molar-refractivity contribution in [3.05, 3.63) is 88.0 Å². The second-order valence-electron chi connectivity index (χ2n) is 9.76. The Bertz CT molecular complexity index is 1770. The normalized spacial score (nSPS) is 13.4. The number of aryl methyl sites for hydroxylation is 2. The summed E-state index contributed by atoms with van der Waals surface area (Å²) in [7, 11) is -4.49. The average molecular weight is 580 g/mol. The number of aromatic hydroxyl groups is 1. The molecule has 0 amide bonds. The molecule has 0 radical (unpaired) electrons. The zero-order valence-electron chi connectivity index (χ0n) is 22.9. The van der Waals surface area contributed by atoms with Gasteiger partial charge < -0.3 is 14.6 Å². The van der Waals surface area contributed by atoms with Crippen LogP contribution < -0.4 is 15.0 Å². The smallest absolute Gasteiger partial charge is 0.277 e. The summed E-state index contributed by atoms with van der Waals surface area (Å²) in [5, 5.41) is 10.9. The number of hydrogen-bond donors (Lipinski definition) is 1. The maximum atomic E-state index is 14.1. The molecule has 0 aliphatic carbocycles. The van der Waals surface area contributed by atoms with Gasteiger partial charge in [-0.1, -0.05) is 44.5 Å². The van der Waals surface area contributed by atoms with E-state index in [9.17, 15) is 22.7 Å². The summed E-state index contributed by atoms with van der Waals surface area (Å²) in [6.07, 6.45) is 2.27. The van der Waals surface area contributed by atoms with E-state index in [4.69, 9.17) is 9.47 Å². The van der Waals surface area contributed by atoms with Crippen LogP contribution in [0.25, 0.3) is 11.1 Å². The van der Waals surface area contributed by atoms with E-state index in [0.29, 0.717) is 53.1 Å². The first kappa shape index (κ1) is 28.3. The van der Waals surface area contributed by atoms with Crippen molar-refractivity contribution in [1.29, 1.82) is 0 Å². The molecule has 1 aliphatic heterocycles. The van der Waals surface area contributed by atoms with Gasteiger partial charge in [-0.05, 0) is 55.7 Å². The topological polar surface area (TPSA) is 121 Å². The monoisotopic (exact) mass is 579 g/mol. The number of benzene rings is 2. The summed E-state index contributed by atoms with van der Waals surface area (Å²) >= 11 is 0. The first-order chi connectivity index (χ1) is 19.7. The van der Waals surface area contributed by atoms with Crippen molar-refractivity contribution in [3.8, 4) is 28.5 Å². The number of ether oxygens (including phenoxy) is 2. The molecule has 4 aromatic rings. The van der Waals surface area contributed by atoms with Crippen LogP contribution in [0.3, 0.4) is 0 Å². The fourth-order valence-electron chi connectivity index (χ4n) is 5.14. The molecule has 0 spiro atoms. The maximum absolute atomic E-state index is 14.1. The zero-order chi connectivity index (χ0) is 29.3. The molecule has 2 aromatic carbocycles. The largest absolute Gasteiger partial charge is 0.492 e. The van der Waals surface area contributed by atoms with Crippen LogP contribution >= 0.6 is 0 Å². The third kappa shape index (κ3) is 5.17. The number of nitrogens with zero attached hydrogens (tertiary/aromatic N) is 3. The Morgan fingerprint density at radius 3 is 2.49 bits per heavy atom. The van der Waals surface area contributed by atoms with E-state index in [2.05, 4.69) is 9.97 Å². The molecule has 11 heteroatoms. The lowest BCUT2D eigenvalue weighted by molar-refractivity contribution is 0.172. The number of unbranched alkanes of at least 4 members (excludes halogenated alkanes) is 1. The Labute approximate surface area is 237 Å². The summed E-state index contributed by atoms with van der Waals surface area (Å²) < 4.78 is 53.7. The highest BCUT2D eigenvalue weighted by Crippen LogP contribution is 2.41. The quantitative estimate of drug-likeness (QED) is 0.263. The minimum absolute atomic E-state index is 0.0390. The van der Waals surface area contributed by atoms with Crippen LogP contribution in [0.15, 0.2) is 69.2 Å². The molecule has 0 saturated heterocycles. The SMILES string of the molecule is CCCCc1nc(O)c(S(=O)(=O)c2ccc(-c3ccc(F)nc3C)cc2)c(=O)n1C(CC)c1cccc2c1OCO2. The van der Waals surface area contributed by atoms with Gasteiger partial charge >= 0.3 is 0 Å². The third-order valence-corrected chi connectivity index (χ3v) is 8.95. The minimum Gasteiger partial charge on any atom is -0.492 e. The number of aromatic nitrogens is 3. The van der Waals surface area contributed by atoms with Crippen molar-refractivity contribution in [2.24, 2.45) is 0 Å². The molecule has 0 saturated carbocycles. The van der Waals surface area contributed by atoms with Gasteiger partial charge in [0.1, 0.15) is 5.82 Å². The Kier molecular flexibility index (Phi) is 7.81. The highest BCUT2D eigenvalue weighted by molar-refractivity contribution is 7.91. The molecule has 1 unspecified atom stereocenters. The van der Waals surface area contributed by atoms with Gasteiger partial charge in [0.25, 0.3) is 5.56 Å². The fraction of sp³-hybridized carbons (Fsp3) is 0.300. The van der Waals surface area contributed by atoms with Crippen molar-refractivity contribution in [2.45, 2.75) is 62.3 Å². The van der Waals surface area contributed by atoms with Gasteiger partial charge in [0, 0.05) is 23.2 Å². The van der Waals surface area contributed by atoms with Gasteiger partial charge in [0.05, 0.1) is 10.9 Å². The van der Waals surface area contributed by atoms with E-state index in [-0.39, 0.29) is 17.5 Å². The first-order valence-corrected chi connectivity index (χ1v) is 14.9. The second-order valence-corrected chi connectivity index (χ2v) is 11.6. The highest BCUT2D eigenvalue weighted by Gasteiger charge is 2.33. The summed E-state index contributed by atoms with van der Waals surface area (Å²) in [6.45, 7) is 5.55. The molecule has 5 rings (SSSR count). The first-order valence-electron chi connectivity index (χ1n) is 13.4. The summed E-state index contributed by atoms with van der Waals surface area (Å²) in [4.78, 5) is 21.2. The average Bonchev–Trinajstić information content (AvgIpc) is 3.43. The predicted octanol–water partition coefficient (Wildman–Crippen LogP) is 5.36. The van der Waals surface area contributed by atoms with Crippen LogP contribution in [0.1, 0.15) is 56.2 Å². The van der Waals surface area contributed by atoms with Crippen molar-refractivity contribution in [3.63, 3.8) is 0 Å². The van der Waals surface area contributed by atoms with Crippen LogP contribution in [0.2, 0.25) is 0 Å². The maximum Gasteiger partial charge on any atom is 0.277 e. The number of halogens is 1. The van der Waals surface area contributed by atoms with E-state index in [1.807, 2.05) is 19.9 Å². The van der Waals surface area contributed by atoms with Gasteiger partial charge in [-0.15, -0.1) is 0 Å². The number of fused-ring (bicyclic) bond motifs is 1. The molecule has 3 heterocycles. The summed E-state index contributed by atoms with van der Waals surface area (Å²) in [5.74, 6) is -0.141. The lowest BCUT2D eigenvalue weighted by Gasteiger charge is -2.24. The number of para-hydroxylation sites is 1. The van der Waals surface area contributed by atoms with Crippen molar-refractivity contribution >= 4 is 9.84 Å². The van der Waals surface area contributed by atoms with Gasteiger partial charge in [0.15, 0.2) is 16.4 Å². The molecule has 1 N–H and O–H groups in total. The zero-order valence-corrected chi connectivity index (χ0v) is 23.7. The van der Waals surface area contributed by atoms with E-state index in [0.717, 1.165) is 6.42 Å². The van der Waals surface area contributed by atoms with Crippen LogP contribution in [-0.4, -0.2) is 34.9 Å². The lowest BCUT2D eigenvalue weighted by atomic mass is 10.0. The van der Waals surface area contributed by atoms with E-state index >= 15 is 0 Å². The van der Waals surface area contributed by atoms with Gasteiger partial charge in [-0.3, -0.25) is 9.36 Å². The molecule has 41 heavy (non-hydrogen) atoms. The summed E-state index contributed by atoms with van der Waals surface area (Å²) in [6, 6.07) is 13.3. The Morgan fingerprint density at radius 1 is 1.05 bits per heavy atom. The predicted molar refractivity (Wildman–Crippen MR) is 150 cm³/mol. The Hall–Kier alpha value is -4.25. The van der Waals surface area contributed by atoms with Crippen molar-refractivity contribution < 1.29 is 27.4 Å². The lowest BCUT2D eigenvalue weighted by Crippen LogP contribution is -2.33. The van der Waals surface area contributed by atoms with Crippen molar-refractivity contribution in [2.75, 3.05) is 6.79 Å². The molecule has 2 aromatic heterocycles. The Morgan fingerprint density at radius 2 is 1.80 bits per heavy atom. The van der Waals surface area contributed by atoms with E-state index in [1.165, 1.54) is 22.8 Å². The van der Waals surface area contributed by atoms with Gasteiger partial charge in [-0.2, -0.15) is 9.37 Å². The van der Waals surface area contributed by atoms with Gasteiger partial charge in [0.2, 0.25) is 28.5 Å². The second kappa shape index (κ2) is 11.3. The standard InChI is InChI=1S/C30H30FN3O6S/c1-4-6-10-26-33-29(35)28(30(36)34(26)23(5-2)22-8-7-9-24-27(22)40-17-39-24)41(37,38)20-13-11-19(12-14-20)21-15-16-25(31)32-18(21)3/h7-9,11-16,23,35H,4-6,10,17H2,1-3H3. The molecular weight excluding hydrogens is 549 g/mol. The van der Waals surface area contributed by atoms with Crippen LogP contribution in [0, 0.1) is 12.9 Å². The van der Waals surface area contributed by atoms with Crippen LogP contribution in [0.5, 0.6) is 17.4 Å². The van der Waals surface area contributed by atoms with Crippen molar-refractivity contribution in [1.82, 2.24) is 14.5 Å². The number of pyridine rings is 1. The molecule has 1 aliphatic rings. The van der Waals surface area contributed by atoms with E-state index < -0.39 is 38.2 Å². The van der Waals surface area contributed by atoms with E-state index in [1.54, 1.807) is 37.3 Å². The summed E-state index contributed by atoms with van der Waals surface area (Å²) in [5.41, 5.74) is 1.49.